The number of benzene rings is 1. The van der Waals surface area contributed by atoms with Crippen molar-refractivity contribution in [3.63, 3.8) is 0 Å². The van der Waals surface area contributed by atoms with E-state index in [9.17, 15) is 4.79 Å². The fraction of sp³-hybridized carbons (Fsp3) is 0.294. The molecule has 1 aromatic heterocycles. The minimum absolute atomic E-state index is 0.0363. The van der Waals surface area contributed by atoms with E-state index in [4.69, 9.17) is 0 Å². The van der Waals surface area contributed by atoms with Crippen LogP contribution in [0.4, 0.5) is 0 Å². The molecule has 0 saturated carbocycles. The largest absolute Gasteiger partial charge is 0.356 e. The highest BCUT2D eigenvalue weighted by molar-refractivity contribution is 7.09. The Morgan fingerprint density at radius 3 is 2.52 bits per heavy atom. The predicted octanol–water partition coefficient (Wildman–Crippen LogP) is 2.23. The van der Waals surface area contributed by atoms with Crippen LogP contribution >= 0.6 is 11.3 Å². The lowest BCUT2D eigenvalue weighted by Gasteiger charge is -2.11. The zero-order chi connectivity index (χ0) is 16.3. The number of carbonyl (C=O) groups is 1. The van der Waals surface area contributed by atoms with Gasteiger partial charge in [-0.1, -0.05) is 24.3 Å². The molecular formula is C17H22N4OS. The van der Waals surface area contributed by atoms with Gasteiger partial charge in [0.05, 0.1) is 6.54 Å². The molecule has 5 nitrogen and oxygen atoms in total. The summed E-state index contributed by atoms with van der Waals surface area (Å²) < 4.78 is 0. The highest BCUT2D eigenvalue weighted by Gasteiger charge is 2.03. The Bertz CT molecular complexity index is 611. The van der Waals surface area contributed by atoms with Gasteiger partial charge in [-0.15, -0.1) is 11.3 Å². The van der Waals surface area contributed by atoms with Gasteiger partial charge in [-0.3, -0.25) is 9.79 Å². The fourth-order valence-corrected chi connectivity index (χ4v) is 2.64. The van der Waals surface area contributed by atoms with Gasteiger partial charge in [0, 0.05) is 30.6 Å². The molecular weight excluding hydrogens is 308 g/mol. The molecule has 0 radical (unpaired) electrons. The van der Waals surface area contributed by atoms with Crippen LogP contribution in [0.3, 0.4) is 0 Å². The molecule has 23 heavy (non-hydrogen) atoms. The van der Waals surface area contributed by atoms with Crippen LogP contribution in [0.2, 0.25) is 0 Å². The summed E-state index contributed by atoms with van der Waals surface area (Å²) in [6.45, 7) is 2.14. The lowest BCUT2D eigenvalue weighted by Crippen LogP contribution is -2.38. The Kier molecular flexibility index (Phi) is 7.13. The SMILES string of the molecule is CN=C(NCCCNC(=O)c1ccccc1)NCc1cccs1. The number of thiophene rings is 1. The first-order valence-electron chi connectivity index (χ1n) is 7.60. The van der Waals surface area contributed by atoms with E-state index in [2.05, 4.69) is 32.4 Å². The second-order valence-corrected chi connectivity index (χ2v) is 5.94. The smallest absolute Gasteiger partial charge is 0.251 e. The number of aliphatic imine (C=N–C) groups is 1. The first kappa shape index (κ1) is 17.0. The van der Waals surface area contributed by atoms with Crippen molar-refractivity contribution in [3.8, 4) is 0 Å². The van der Waals surface area contributed by atoms with Crippen molar-refractivity contribution in [3.05, 3.63) is 58.3 Å². The average molecular weight is 330 g/mol. The van der Waals surface area contributed by atoms with Crippen molar-refractivity contribution in [1.82, 2.24) is 16.0 Å². The normalized spacial score (nSPS) is 11.1. The van der Waals surface area contributed by atoms with E-state index in [0.717, 1.165) is 25.5 Å². The molecule has 1 heterocycles. The second-order valence-electron chi connectivity index (χ2n) is 4.91. The number of nitrogens with zero attached hydrogens (tertiary/aromatic N) is 1. The Hall–Kier alpha value is -2.34. The predicted molar refractivity (Wildman–Crippen MR) is 95.9 cm³/mol. The molecule has 0 spiro atoms. The molecule has 2 aromatic rings. The maximum atomic E-state index is 11.9. The molecule has 0 saturated heterocycles. The maximum Gasteiger partial charge on any atom is 0.251 e. The van der Waals surface area contributed by atoms with Gasteiger partial charge in [-0.2, -0.15) is 0 Å². The third-order valence-corrected chi connectivity index (χ3v) is 4.08. The Balaban J connectivity index is 1.59. The minimum atomic E-state index is -0.0363. The zero-order valence-corrected chi connectivity index (χ0v) is 14.0. The summed E-state index contributed by atoms with van der Waals surface area (Å²) in [5.74, 6) is 0.735. The van der Waals surface area contributed by atoms with Gasteiger partial charge in [-0.25, -0.2) is 0 Å². The van der Waals surface area contributed by atoms with Crippen LogP contribution < -0.4 is 16.0 Å². The van der Waals surface area contributed by atoms with Crippen LogP contribution in [0, 0.1) is 0 Å². The van der Waals surface area contributed by atoms with Gasteiger partial charge in [-0.05, 0) is 30.0 Å². The Morgan fingerprint density at radius 2 is 1.83 bits per heavy atom. The fourth-order valence-electron chi connectivity index (χ4n) is 1.99. The molecule has 0 bridgehead atoms. The first-order chi connectivity index (χ1) is 11.3. The number of hydrogen-bond donors (Lipinski definition) is 3. The third kappa shape index (κ3) is 6.12. The van der Waals surface area contributed by atoms with Crippen LogP contribution in [-0.2, 0) is 6.54 Å². The summed E-state index contributed by atoms with van der Waals surface area (Å²) in [5.41, 5.74) is 0.689. The number of nitrogens with one attached hydrogen (secondary N) is 3. The molecule has 0 aliphatic rings. The summed E-state index contributed by atoms with van der Waals surface area (Å²) in [7, 11) is 1.75. The molecule has 122 valence electrons. The van der Waals surface area contributed by atoms with Gasteiger partial charge in [0.15, 0.2) is 5.96 Å². The lowest BCUT2D eigenvalue weighted by atomic mass is 10.2. The second kappa shape index (κ2) is 9.63. The summed E-state index contributed by atoms with van der Waals surface area (Å²) >= 11 is 1.72. The van der Waals surface area contributed by atoms with Crippen molar-refractivity contribution in [2.75, 3.05) is 20.1 Å². The lowest BCUT2D eigenvalue weighted by molar-refractivity contribution is 0.0953. The van der Waals surface area contributed by atoms with E-state index >= 15 is 0 Å². The molecule has 0 aliphatic carbocycles. The van der Waals surface area contributed by atoms with E-state index in [1.165, 1.54) is 4.88 Å². The Morgan fingerprint density at radius 1 is 1.04 bits per heavy atom. The van der Waals surface area contributed by atoms with Crippen molar-refractivity contribution >= 4 is 23.2 Å². The Labute approximate surface area is 140 Å². The standard InChI is InChI=1S/C17H22N4OS/c1-18-17(21-13-15-9-5-12-23-15)20-11-6-10-19-16(22)14-7-3-2-4-8-14/h2-5,7-9,12H,6,10-11,13H2,1H3,(H,19,22)(H2,18,20,21). The highest BCUT2D eigenvalue weighted by atomic mass is 32.1. The monoisotopic (exact) mass is 330 g/mol. The summed E-state index contributed by atoms with van der Waals surface area (Å²) in [5, 5.41) is 11.5. The molecule has 0 aliphatic heterocycles. The van der Waals surface area contributed by atoms with E-state index < -0.39 is 0 Å². The van der Waals surface area contributed by atoms with Gasteiger partial charge < -0.3 is 16.0 Å². The number of hydrogen-bond acceptors (Lipinski definition) is 3. The van der Waals surface area contributed by atoms with Gasteiger partial charge in [0.1, 0.15) is 0 Å². The van der Waals surface area contributed by atoms with Crippen LogP contribution in [0.1, 0.15) is 21.7 Å². The molecule has 1 amide bonds. The number of amides is 1. The summed E-state index contributed by atoms with van der Waals surface area (Å²) in [6.07, 6.45) is 0.832. The van der Waals surface area contributed by atoms with Crippen molar-refractivity contribution in [2.24, 2.45) is 4.99 Å². The number of guanidine groups is 1. The van der Waals surface area contributed by atoms with Gasteiger partial charge >= 0.3 is 0 Å². The maximum absolute atomic E-state index is 11.9. The third-order valence-electron chi connectivity index (χ3n) is 3.20. The van der Waals surface area contributed by atoms with Crippen molar-refractivity contribution in [2.45, 2.75) is 13.0 Å². The van der Waals surface area contributed by atoms with Crippen molar-refractivity contribution < 1.29 is 4.79 Å². The van der Waals surface area contributed by atoms with Crippen LogP contribution in [0.25, 0.3) is 0 Å². The van der Waals surface area contributed by atoms with E-state index in [0.29, 0.717) is 12.1 Å². The van der Waals surface area contributed by atoms with E-state index in [-0.39, 0.29) is 5.91 Å². The number of carbonyl (C=O) groups excluding carboxylic acids is 1. The molecule has 0 fully saturated rings. The van der Waals surface area contributed by atoms with Crippen molar-refractivity contribution in [1.29, 1.82) is 0 Å². The molecule has 6 heteroatoms. The molecule has 2 rings (SSSR count). The van der Waals surface area contributed by atoms with Gasteiger partial charge in [0.2, 0.25) is 0 Å². The molecule has 0 atom stereocenters. The summed E-state index contributed by atoms with van der Waals surface area (Å²) in [4.78, 5) is 17.3. The first-order valence-corrected chi connectivity index (χ1v) is 8.47. The molecule has 1 aromatic carbocycles. The molecule has 0 unspecified atom stereocenters. The average Bonchev–Trinajstić information content (AvgIpc) is 3.11. The quantitative estimate of drug-likeness (QED) is 0.414. The number of rotatable bonds is 7. The topological polar surface area (TPSA) is 65.5 Å². The minimum Gasteiger partial charge on any atom is -0.356 e. The van der Waals surface area contributed by atoms with E-state index in [1.807, 2.05) is 36.4 Å². The van der Waals surface area contributed by atoms with Crippen LogP contribution in [0.15, 0.2) is 52.8 Å². The summed E-state index contributed by atoms with van der Waals surface area (Å²) in [6, 6.07) is 13.4. The van der Waals surface area contributed by atoms with Crippen LogP contribution in [-0.4, -0.2) is 32.0 Å². The zero-order valence-electron chi connectivity index (χ0n) is 13.2. The van der Waals surface area contributed by atoms with Gasteiger partial charge in [0.25, 0.3) is 5.91 Å². The molecule has 3 N–H and O–H groups in total. The highest BCUT2D eigenvalue weighted by Crippen LogP contribution is 2.07. The van der Waals surface area contributed by atoms with Crippen LogP contribution in [0.5, 0.6) is 0 Å². The van der Waals surface area contributed by atoms with E-state index in [1.54, 1.807) is 18.4 Å².